The molecule has 26 heavy (non-hydrogen) atoms. The molecule has 1 atom stereocenters. The topological polar surface area (TPSA) is 67.4 Å². The maximum atomic E-state index is 13.6. The number of ether oxygens (including phenoxy) is 1. The molecule has 0 aliphatic rings. The summed E-state index contributed by atoms with van der Waals surface area (Å²) in [5.41, 5.74) is 0.427. The number of para-hydroxylation sites is 2. The average Bonchev–Trinajstić information content (AvgIpc) is 2.62. The highest BCUT2D eigenvalue weighted by Crippen LogP contribution is 2.19. The number of benzene rings is 2. The van der Waals surface area contributed by atoms with Crippen LogP contribution in [0.2, 0.25) is 0 Å². The molecule has 2 N–H and O–H groups in total. The number of carbonyl (C=O) groups excluding carboxylic acids is 2. The molecule has 2 aromatic carbocycles. The summed E-state index contributed by atoms with van der Waals surface area (Å²) < 4.78 is 19.0. The van der Waals surface area contributed by atoms with E-state index in [0.717, 1.165) is 0 Å². The number of nitrogens with one attached hydrogen (secondary N) is 2. The van der Waals surface area contributed by atoms with Gasteiger partial charge in [0, 0.05) is 6.04 Å². The first-order chi connectivity index (χ1) is 12.4. The first-order valence-corrected chi connectivity index (χ1v) is 8.45. The van der Waals surface area contributed by atoms with E-state index < -0.39 is 11.7 Å². The largest absolute Gasteiger partial charge is 0.483 e. The Kier molecular flexibility index (Phi) is 6.72. The Morgan fingerprint density at radius 2 is 1.69 bits per heavy atom. The Balaban J connectivity index is 2.00. The number of hydrogen-bond donors (Lipinski definition) is 2. The standard InChI is InChI=1S/C20H23FN2O3/c1-13(2)14(3)22-20(25)15-8-4-7-11-18(15)26-12-19(24)23-17-10-6-5-9-16(17)21/h4-11,13-14H,12H2,1-3H3,(H,22,25)(H,23,24). The molecule has 2 amide bonds. The summed E-state index contributed by atoms with van der Waals surface area (Å²) in [7, 11) is 0. The van der Waals surface area contributed by atoms with Crippen molar-refractivity contribution >= 4 is 17.5 Å². The summed E-state index contributed by atoms with van der Waals surface area (Å²) in [5, 5.41) is 5.34. The van der Waals surface area contributed by atoms with E-state index >= 15 is 0 Å². The Morgan fingerprint density at radius 1 is 1.04 bits per heavy atom. The highest BCUT2D eigenvalue weighted by Gasteiger charge is 2.17. The van der Waals surface area contributed by atoms with Gasteiger partial charge in [0.05, 0.1) is 11.3 Å². The summed E-state index contributed by atoms with van der Waals surface area (Å²) in [6.07, 6.45) is 0. The molecule has 2 aromatic rings. The zero-order chi connectivity index (χ0) is 19.1. The normalized spacial score (nSPS) is 11.7. The van der Waals surface area contributed by atoms with Gasteiger partial charge in [-0.05, 0) is 37.1 Å². The van der Waals surface area contributed by atoms with Crippen molar-refractivity contribution in [2.24, 2.45) is 5.92 Å². The third-order valence-corrected chi connectivity index (χ3v) is 4.00. The van der Waals surface area contributed by atoms with Crippen LogP contribution in [0.1, 0.15) is 31.1 Å². The number of rotatable bonds is 7. The van der Waals surface area contributed by atoms with Gasteiger partial charge in [-0.25, -0.2) is 4.39 Å². The highest BCUT2D eigenvalue weighted by atomic mass is 19.1. The number of hydrogen-bond acceptors (Lipinski definition) is 3. The van der Waals surface area contributed by atoms with Crippen molar-refractivity contribution < 1.29 is 18.7 Å². The fourth-order valence-corrected chi connectivity index (χ4v) is 2.12. The van der Waals surface area contributed by atoms with Crippen LogP contribution in [0.5, 0.6) is 5.75 Å². The molecule has 0 heterocycles. The number of amides is 2. The molecule has 0 spiro atoms. The van der Waals surface area contributed by atoms with Crippen molar-refractivity contribution in [3.05, 3.63) is 59.9 Å². The van der Waals surface area contributed by atoms with Gasteiger partial charge in [-0.3, -0.25) is 9.59 Å². The molecule has 0 aliphatic carbocycles. The number of carbonyl (C=O) groups is 2. The van der Waals surface area contributed by atoms with Gasteiger partial charge in [0.15, 0.2) is 6.61 Å². The summed E-state index contributed by atoms with van der Waals surface area (Å²) >= 11 is 0. The van der Waals surface area contributed by atoms with E-state index in [0.29, 0.717) is 17.2 Å². The number of anilines is 1. The molecule has 0 saturated carbocycles. The van der Waals surface area contributed by atoms with Crippen molar-refractivity contribution in [2.75, 3.05) is 11.9 Å². The molecule has 1 unspecified atom stereocenters. The third kappa shape index (κ3) is 5.31. The fraction of sp³-hybridized carbons (Fsp3) is 0.300. The van der Waals surface area contributed by atoms with Crippen molar-refractivity contribution in [2.45, 2.75) is 26.8 Å². The summed E-state index contributed by atoms with van der Waals surface area (Å²) in [6, 6.07) is 12.6. The van der Waals surface area contributed by atoms with Gasteiger partial charge in [0.2, 0.25) is 0 Å². The third-order valence-electron chi connectivity index (χ3n) is 4.00. The van der Waals surface area contributed by atoms with E-state index in [-0.39, 0.29) is 24.2 Å². The van der Waals surface area contributed by atoms with Crippen LogP contribution in [0.15, 0.2) is 48.5 Å². The quantitative estimate of drug-likeness (QED) is 0.794. The first kappa shape index (κ1) is 19.4. The van der Waals surface area contributed by atoms with Crippen molar-refractivity contribution in [1.82, 2.24) is 5.32 Å². The van der Waals surface area contributed by atoms with Crippen molar-refractivity contribution in [3.63, 3.8) is 0 Å². The molecule has 6 heteroatoms. The van der Waals surface area contributed by atoms with Gasteiger partial charge in [-0.1, -0.05) is 38.1 Å². The van der Waals surface area contributed by atoms with E-state index in [9.17, 15) is 14.0 Å². The van der Waals surface area contributed by atoms with Crippen LogP contribution in [0.3, 0.4) is 0 Å². The smallest absolute Gasteiger partial charge is 0.262 e. The molecule has 0 saturated heterocycles. The molecular formula is C20H23FN2O3. The first-order valence-electron chi connectivity index (χ1n) is 8.45. The summed E-state index contributed by atoms with van der Waals surface area (Å²) in [4.78, 5) is 24.4. The van der Waals surface area contributed by atoms with Crippen molar-refractivity contribution in [1.29, 1.82) is 0 Å². The Hall–Kier alpha value is -2.89. The minimum Gasteiger partial charge on any atom is -0.483 e. The van der Waals surface area contributed by atoms with Crippen LogP contribution in [0, 0.1) is 11.7 Å². The molecule has 0 bridgehead atoms. The van der Waals surface area contributed by atoms with Crippen LogP contribution in [-0.2, 0) is 4.79 Å². The lowest BCUT2D eigenvalue weighted by molar-refractivity contribution is -0.118. The van der Waals surface area contributed by atoms with Gasteiger partial charge >= 0.3 is 0 Å². The SMILES string of the molecule is CC(C)C(C)NC(=O)c1ccccc1OCC(=O)Nc1ccccc1F. The van der Waals surface area contributed by atoms with Crippen LogP contribution in [0.25, 0.3) is 0 Å². The molecule has 0 fully saturated rings. The molecule has 138 valence electrons. The Morgan fingerprint density at radius 3 is 2.38 bits per heavy atom. The van der Waals surface area contributed by atoms with Crippen LogP contribution in [0.4, 0.5) is 10.1 Å². The maximum Gasteiger partial charge on any atom is 0.262 e. The summed E-state index contributed by atoms with van der Waals surface area (Å²) in [6.45, 7) is 5.62. The molecule has 0 aromatic heterocycles. The predicted molar refractivity (Wildman–Crippen MR) is 98.7 cm³/mol. The van der Waals surface area contributed by atoms with Gasteiger partial charge < -0.3 is 15.4 Å². The average molecular weight is 358 g/mol. The van der Waals surface area contributed by atoms with E-state index in [4.69, 9.17) is 4.74 Å². The zero-order valence-electron chi connectivity index (χ0n) is 15.1. The number of halogens is 1. The van der Waals surface area contributed by atoms with E-state index in [2.05, 4.69) is 10.6 Å². The second kappa shape index (κ2) is 8.99. The minimum absolute atomic E-state index is 0.0000828. The lowest BCUT2D eigenvalue weighted by Crippen LogP contribution is -2.36. The molecular weight excluding hydrogens is 335 g/mol. The van der Waals surface area contributed by atoms with Crippen molar-refractivity contribution in [3.8, 4) is 5.75 Å². The van der Waals surface area contributed by atoms with Gasteiger partial charge in [0.1, 0.15) is 11.6 Å². The lowest BCUT2D eigenvalue weighted by Gasteiger charge is -2.18. The fourth-order valence-electron chi connectivity index (χ4n) is 2.12. The highest BCUT2D eigenvalue weighted by molar-refractivity contribution is 5.97. The maximum absolute atomic E-state index is 13.6. The minimum atomic E-state index is -0.525. The van der Waals surface area contributed by atoms with Gasteiger partial charge in [0.25, 0.3) is 11.8 Å². The van der Waals surface area contributed by atoms with Crippen LogP contribution < -0.4 is 15.4 Å². The van der Waals surface area contributed by atoms with Gasteiger partial charge in [-0.15, -0.1) is 0 Å². The van der Waals surface area contributed by atoms with E-state index in [1.165, 1.54) is 18.2 Å². The molecule has 0 radical (unpaired) electrons. The molecule has 0 aliphatic heterocycles. The lowest BCUT2D eigenvalue weighted by atomic mass is 10.1. The monoisotopic (exact) mass is 358 g/mol. The molecule has 5 nitrogen and oxygen atoms in total. The zero-order valence-corrected chi connectivity index (χ0v) is 15.1. The van der Waals surface area contributed by atoms with Gasteiger partial charge in [-0.2, -0.15) is 0 Å². The molecule has 2 rings (SSSR count). The Bertz CT molecular complexity index is 777. The predicted octanol–water partition coefficient (Wildman–Crippen LogP) is 3.62. The Labute approximate surface area is 152 Å². The second-order valence-electron chi connectivity index (χ2n) is 6.32. The summed E-state index contributed by atoms with van der Waals surface area (Å²) in [5.74, 6) is -0.719. The van der Waals surface area contributed by atoms with Crippen LogP contribution >= 0.6 is 0 Å². The second-order valence-corrected chi connectivity index (χ2v) is 6.32. The van der Waals surface area contributed by atoms with E-state index in [1.54, 1.807) is 30.3 Å². The van der Waals surface area contributed by atoms with E-state index in [1.807, 2.05) is 20.8 Å². The van der Waals surface area contributed by atoms with Crippen LogP contribution in [-0.4, -0.2) is 24.5 Å².